The zero-order chi connectivity index (χ0) is 18.6. The van der Waals surface area contributed by atoms with Crippen molar-refractivity contribution in [2.24, 2.45) is 5.41 Å². The molecule has 2 aromatic carbocycles. The molecule has 0 radical (unpaired) electrons. The molecule has 1 fully saturated rings. The molecule has 140 valence electrons. The minimum absolute atomic E-state index is 0.285. The molecule has 2 unspecified atom stereocenters. The fraction of sp³-hybridized carbons (Fsp3) is 0.455. The second-order valence-corrected chi connectivity index (χ2v) is 9.56. The Morgan fingerprint density at radius 2 is 1.62 bits per heavy atom. The summed E-state index contributed by atoms with van der Waals surface area (Å²) in [5.74, 6) is 0.285. The van der Waals surface area contributed by atoms with Crippen LogP contribution in [0.1, 0.15) is 57.1 Å². The summed E-state index contributed by atoms with van der Waals surface area (Å²) >= 11 is 0. The molecule has 0 N–H and O–H groups in total. The molecule has 0 aliphatic heterocycles. The lowest BCUT2D eigenvalue weighted by molar-refractivity contribution is 0.207. The van der Waals surface area contributed by atoms with Crippen LogP contribution in [0.15, 0.2) is 54.6 Å². The Kier molecular flexibility index (Phi) is 6.02. The number of hydrogen-bond acceptors (Lipinski definition) is 3. The van der Waals surface area contributed by atoms with Gasteiger partial charge in [-0.2, -0.15) is 0 Å². The summed E-state index contributed by atoms with van der Waals surface area (Å²) in [5, 5.41) is 0.643. The van der Waals surface area contributed by atoms with E-state index < -0.39 is 7.60 Å². The lowest BCUT2D eigenvalue weighted by atomic mass is 9.93. The van der Waals surface area contributed by atoms with Gasteiger partial charge in [0.25, 0.3) is 0 Å². The third-order valence-corrected chi connectivity index (χ3v) is 7.43. The number of benzene rings is 2. The molecule has 3 rings (SSSR count). The first-order valence-corrected chi connectivity index (χ1v) is 11.0. The van der Waals surface area contributed by atoms with Crippen molar-refractivity contribution < 1.29 is 13.6 Å². The van der Waals surface area contributed by atoms with Crippen LogP contribution in [-0.4, -0.2) is 13.2 Å². The molecule has 0 heterocycles. The molecule has 26 heavy (non-hydrogen) atoms. The highest BCUT2D eigenvalue weighted by atomic mass is 31.2. The first-order chi connectivity index (χ1) is 12.5. The fourth-order valence-corrected chi connectivity index (χ4v) is 4.67. The van der Waals surface area contributed by atoms with E-state index in [1.165, 1.54) is 24.0 Å². The largest absolute Gasteiger partial charge is 0.361 e. The third-order valence-electron chi connectivity index (χ3n) is 5.38. The van der Waals surface area contributed by atoms with E-state index in [4.69, 9.17) is 9.05 Å². The van der Waals surface area contributed by atoms with Crippen molar-refractivity contribution in [3.8, 4) is 0 Å². The van der Waals surface area contributed by atoms with Gasteiger partial charge in [0, 0.05) is 5.92 Å². The van der Waals surface area contributed by atoms with Crippen LogP contribution in [0.25, 0.3) is 0 Å². The molecular weight excluding hydrogens is 343 g/mol. The molecule has 1 aliphatic carbocycles. The molecule has 0 saturated heterocycles. The second kappa shape index (κ2) is 8.08. The molecule has 0 spiro atoms. The van der Waals surface area contributed by atoms with Crippen LogP contribution in [0, 0.1) is 5.41 Å². The van der Waals surface area contributed by atoms with Crippen LogP contribution in [0.4, 0.5) is 0 Å². The number of rotatable bonds is 9. The Bertz CT molecular complexity index is 751. The van der Waals surface area contributed by atoms with E-state index in [0.717, 1.165) is 6.42 Å². The van der Waals surface area contributed by atoms with E-state index in [-0.39, 0.29) is 5.92 Å². The molecule has 1 saturated carbocycles. The normalized spacial score (nSPS) is 18.9. The lowest BCUT2D eigenvalue weighted by Crippen LogP contribution is -2.13. The predicted molar refractivity (Wildman–Crippen MR) is 107 cm³/mol. The Morgan fingerprint density at radius 1 is 1.00 bits per heavy atom. The van der Waals surface area contributed by atoms with Gasteiger partial charge in [-0.1, -0.05) is 56.3 Å². The van der Waals surface area contributed by atoms with Crippen LogP contribution in [0.2, 0.25) is 0 Å². The summed E-state index contributed by atoms with van der Waals surface area (Å²) in [7, 11) is -3.25. The number of hydrogen-bond donors (Lipinski definition) is 0. The van der Waals surface area contributed by atoms with E-state index in [9.17, 15) is 4.57 Å². The van der Waals surface area contributed by atoms with Gasteiger partial charge in [0.15, 0.2) is 0 Å². The molecule has 2 atom stereocenters. The van der Waals surface area contributed by atoms with Gasteiger partial charge in [-0.15, -0.1) is 0 Å². The second-order valence-electron chi connectivity index (χ2n) is 7.53. The van der Waals surface area contributed by atoms with Crippen LogP contribution < -0.4 is 5.30 Å². The molecule has 0 amide bonds. The first-order valence-electron chi connectivity index (χ1n) is 9.50. The van der Waals surface area contributed by atoms with E-state index >= 15 is 0 Å². The zero-order valence-corrected chi connectivity index (χ0v) is 16.9. The average Bonchev–Trinajstić information content (AvgIpc) is 3.39. The molecule has 4 heteroatoms. The monoisotopic (exact) mass is 372 g/mol. The average molecular weight is 372 g/mol. The van der Waals surface area contributed by atoms with Crippen molar-refractivity contribution >= 4 is 12.9 Å². The van der Waals surface area contributed by atoms with E-state index in [2.05, 4.69) is 38.1 Å². The Balaban J connectivity index is 1.72. The van der Waals surface area contributed by atoms with Gasteiger partial charge in [0.1, 0.15) is 0 Å². The zero-order valence-electron chi connectivity index (χ0n) is 16.0. The quantitative estimate of drug-likeness (QED) is 0.514. The third kappa shape index (κ3) is 4.65. The maximum Gasteiger partial charge on any atom is 0.361 e. The summed E-state index contributed by atoms with van der Waals surface area (Å²) in [6, 6.07) is 18.2. The van der Waals surface area contributed by atoms with E-state index in [1.807, 2.05) is 37.3 Å². The van der Waals surface area contributed by atoms with Crippen molar-refractivity contribution in [1.82, 2.24) is 0 Å². The molecule has 2 aromatic rings. The molecular formula is C22H29O3P. The smallest absolute Gasteiger partial charge is 0.305 e. The van der Waals surface area contributed by atoms with E-state index in [1.54, 1.807) is 0 Å². The summed E-state index contributed by atoms with van der Waals surface area (Å²) in [5.41, 5.74) is 2.84. The van der Waals surface area contributed by atoms with Crippen molar-refractivity contribution in [3.05, 3.63) is 65.7 Å². The van der Waals surface area contributed by atoms with Gasteiger partial charge in [-0.3, -0.25) is 4.57 Å². The van der Waals surface area contributed by atoms with Crippen molar-refractivity contribution in [2.75, 3.05) is 13.2 Å². The minimum atomic E-state index is -3.25. The SMILES string of the molecule is CCOP(=O)(OCCC1(C)CC1)c1ccc(C(C)c2ccccc2)cc1. The summed E-state index contributed by atoms with van der Waals surface area (Å²) in [6.45, 7) is 7.14. The Labute approximate surface area is 157 Å². The molecule has 0 bridgehead atoms. The highest BCUT2D eigenvalue weighted by Crippen LogP contribution is 2.51. The maximum atomic E-state index is 13.2. The highest BCUT2D eigenvalue weighted by Gasteiger charge is 2.37. The van der Waals surface area contributed by atoms with Crippen molar-refractivity contribution in [2.45, 2.75) is 46.0 Å². The summed E-state index contributed by atoms with van der Waals surface area (Å²) in [6.07, 6.45) is 3.41. The minimum Gasteiger partial charge on any atom is -0.305 e. The topological polar surface area (TPSA) is 35.5 Å². The van der Waals surface area contributed by atoms with Crippen LogP contribution >= 0.6 is 7.60 Å². The van der Waals surface area contributed by atoms with Crippen molar-refractivity contribution in [1.29, 1.82) is 0 Å². The van der Waals surface area contributed by atoms with Gasteiger partial charge < -0.3 is 9.05 Å². The Hall–Kier alpha value is -1.41. The van der Waals surface area contributed by atoms with Gasteiger partial charge in [-0.25, -0.2) is 0 Å². The fourth-order valence-electron chi connectivity index (χ4n) is 3.11. The lowest BCUT2D eigenvalue weighted by Gasteiger charge is -2.20. The summed E-state index contributed by atoms with van der Waals surface area (Å²) < 4.78 is 24.6. The molecule has 3 nitrogen and oxygen atoms in total. The van der Waals surface area contributed by atoms with Crippen LogP contribution in [-0.2, 0) is 13.6 Å². The Morgan fingerprint density at radius 3 is 2.19 bits per heavy atom. The molecule has 0 aromatic heterocycles. The van der Waals surface area contributed by atoms with Gasteiger partial charge in [0.2, 0.25) is 0 Å². The highest BCUT2D eigenvalue weighted by molar-refractivity contribution is 7.62. The van der Waals surface area contributed by atoms with Crippen LogP contribution in [0.5, 0.6) is 0 Å². The van der Waals surface area contributed by atoms with Gasteiger partial charge in [-0.05, 0) is 54.9 Å². The summed E-state index contributed by atoms with van der Waals surface area (Å²) in [4.78, 5) is 0. The van der Waals surface area contributed by atoms with E-state index in [0.29, 0.717) is 23.9 Å². The van der Waals surface area contributed by atoms with Gasteiger partial charge in [0.05, 0.1) is 18.5 Å². The van der Waals surface area contributed by atoms with Crippen LogP contribution in [0.3, 0.4) is 0 Å². The van der Waals surface area contributed by atoms with Gasteiger partial charge >= 0.3 is 7.60 Å². The standard InChI is InChI=1S/C22H29O3P/c1-4-24-26(23,25-17-16-22(3)14-15-22)21-12-10-20(11-13-21)18(2)19-8-6-5-7-9-19/h5-13,18H,4,14-17H2,1-3H3. The molecule has 1 aliphatic rings. The predicted octanol–water partition coefficient (Wildman–Crippen LogP) is 5.90. The first kappa shape index (κ1) is 19.4. The van der Waals surface area contributed by atoms with Crippen molar-refractivity contribution in [3.63, 3.8) is 0 Å². The maximum absolute atomic E-state index is 13.2.